The van der Waals surface area contributed by atoms with Gasteiger partial charge in [0.2, 0.25) is 0 Å². The summed E-state index contributed by atoms with van der Waals surface area (Å²) in [4.78, 5) is 28.4. The molecule has 7 nitrogen and oxygen atoms in total. The van der Waals surface area contributed by atoms with Crippen LogP contribution in [0.1, 0.15) is 54.8 Å². The number of nitrogens with one attached hydrogen (secondary N) is 3. The molecule has 2 saturated carbocycles. The molecule has 124 valence electrons. The van der Waals surface area contributed by atoms with Gasteiger partial charge >= 0.3 is 6.03 Å². The van der Waals surface area contributed by atoms with Gasteiger partial charge < -0.3 is 9.88 Å². The first kappa shape index (κ1) is 14.5. The summed E-state index contributed by atoms with van der Waals surface area (Å²) in [7, 11) is 0. The SMILES string of the molecule is O=C(NNC(=O)c1cn2c(n1)CCCC2)N[C@H]1C[C@H]2CC[C@@H]1C2. The molecule has 0 radical (unpaired) electrons. The van der Waals surface area contributed by atoms with Crippen LogP contribution in [-0.2, 0) is 13.0 Å². The van der Waals surface area contributed by atoms with Crippen molar-refractivity contribution in [1.29, 1.82) is 0 Å². The molecule has 3 atom stereocenters. The second-order valence-corrected chi connectivity index (χ2v) is 7.03. The van der Waals surface area contributed by atoms with Crippen LogP contribution in [0, 0.1) is 11.8 Å². The second kappa shape index (κ2) is 5.86. The van der Waals surface area contributed by atoms with Crippen LogP contribution in [0.15, 0.2) is 6.20 Å². The predicted molar refractivity (Wildman–Crippen MR) is 83.5 cm³/mol. The van der Waals surface area contributed by atoms with Gasteiger partial charge in [-0.05, 0) is 43.9 Å². The Bertz CT molecular complexity index is 602. The molecule has 3 amide bonds. The second-order valence-electron chi connectivity index (χ2n) is 7.03. The third-order valence-corrected chi connectivity index (χ3v) is 5.49. The molecule has 1 aromatic rings. The molecule has 0 saturated heterocycles. The van der Waals surface area contributed by atoms with Crippen molar-refractivity contribution in [2.24, 2.45) is 11.8 Å². The van der Waals surface area contributed by atoms with Gasteiger partial charge in [-0.3, -0.25) is 10.2 Å². The van der Waals surface area contributed by atoms with E-state index in [0.717, 1.165) is 44.0 Å². The zero-order chi connectivity index (χ0) is 15.8. The van der Waals surface area contributed by atoms with Gasteiger partial charge in [-0.15, -0.1) is 0 Å². The first-order valence-corrected chi connectivity index (χ1v) is 8.62. The van der Waals surface area contributed by atoms with Crippen LogP contribution in [0.25, 0.3) is 0 Å². The van der Waals surface area contributed by atoms with Crippen molar-refractivity contribution in [2.45, 2.75) is 57.5 Å². The third kappa shape index (κ3) is 2.92. The zero-order valence-electron chi connectivity index (χ0n) is 13.2. The predicted octanol–water partition coefficient (Wildman–Crippen LogP) is 1.35. The summed E-state index contributed by atoms with van der Waals surface area (Å²) in [5.74, 6) is 1.97. The Balaban J connectivity index is 1.27. The fourth-order valence-electron chi connectivity index (χ4n) is 4.33. The molecular weight excluding hydrogens is 294 g/mol. The van der Waals surface area contributed by atoms with E-state index in [4.69, 9.17) is 0 Å². The van der Waals surface area contributed by atoms with Crippen LogP contribution in [-0.4, -0.2) is 27.5 Å². The van der Waals surface area contributed by atoms with Crippen LogP contribution in [0.5, 0.6) is 0 Å². The van der Waals surface area contributed by atoms with Gasteiger partial charge in [0.25, 0.3) is 5.91 Å². The Morgan fingerprint density at radius 1 is 1.17 bits per heavy atom. The fraction of sp³-hybridized carbons (Fsp3) is 0.688. The maximum Gasteiger partial charge on any atom is 0.333 e. The van der Waals surface area contributed by atoms with Gasteiger partial charge in [0, 0.05) is 25.2 Å². The lowest BCUT2D eigenvalue weighted by atomic mass is 9.95. The minimum Gasteiger partial charge on any atom is -0.334 e. The Hall–Kier alpha value is -2.05. The molecule has 1 aliphatic heterocycles. The van der Waals surface area contributed by atoms with E-state index in [0.29, 0.717) is 11.6 Å². The summed E-state index contributed by atoms with van der Waals surface area (Å²) in [6.45, 7) is 0.910. The number of hydrogen-bond acceptors (Lipinski definition) is 3. The number of fused-ring (bicyclic) bond motifs is 3. The lowest BCUT2D eigenvalue weighted by Crippen LogP contribution is -2.51. The average Bonchev–Trinajstić information content (AvgIpc) is 3.26. The van der Waals surface area contributed by atoms with E-state index < -0.39 is 0 Å². The number of hydrogen-bond donors (Lipinski definition) is 3. The van der Waals surface area contributed by atoms with E-state index in [2.05, 4.69) is 21.2 Å². The van der Waals surface area contributed by atoms with Gasteiger partial charge in [-0.2, -0.15) is 0 Å². The minimum atomic E-state index is -0.366. The van der Waals surface area contributed by atoms with Crippen molar-refractivity contribution in [2.75, 3.05) is 0 Å². The summed E-state index contributed by atoms with van der Waals surface area (Å²) in [5.41, 5.74) is 5.26. The topological polar surface area (TPSA) is 88.1 Å². The first-order valence-electron chi connectivity index (χ1n) is 8.62. The van der Waals surface area contributed by atoms with E-state index in [1.165, 1.54) is 19.3 Å². The van der Waals surface area contributed by atoms with Crippen LogP contribution in [0.3, 0.4) is 0 Å². The van der Waals surface area contributed by atoms with E-state index in [1.807, 2.05) is 4.57 Å². The summed E-state index contributed by atoms with van der Waals surface area (Å²) in [6.07, 6.45) is 9.72. The molecule has 2 aliphatic carbocycles. The van der Waals surface area contributed by atoms with E-state index in [-0.39, 0.29) is 18.0 Å². The van der Waals surface area contributed by atoms with Gasteiger partial charge in [-0.25, -0.2) is 15.2 Å². The van der Waals surface area contributed by atoms with E-state index in [1.54, 1.807) is 6.20 Å². The normalized spacial score (nSPS) is 28.3. The zero-order valence-corrected chi connectivity index (χ0v) is 13.2. The maximum atomic E-state index is 12.1. The van der Waals surface area contributed by atoms with E-state index >= 15 is 0 Å². The van der Waals surface area contributed by atoms with Crippen molar-refractivity contribution in [3.8, 4) is 0 Å². The van der Waals surface area contributed by atoms with Gasteiger partial charge in [0.1, 0.15) is 11.5 Å². The largest absolute Gasteiger partial charge is 0.334 e. The summed E-state index contributed by atoms with van der Waals surface area (Å²) in [6, 6.07) is -0.0783. The van der Waals surface area contributed by atoms with Crippen LogP contribution >= 0.6 is 0 Å². The summed E-state index contributed by atoms with van der Waals surface area (Å²) >= 11 is 0. The van der Waals surface area contributed by atoms with Crippen molar-refractivity contribution in [1.82, 2.24) is 25.7 Å². The van der Waals surface area contributed by atoms with Crippen molar-refractivity contribution >= 4 is 11.9 Å². The molecule has 2 bridgehead atoms. The Labute approximate surface area is 135 Å². The van der Waals surface area contributed by atoms with Crippen molar-refractivity contribution in [3.63, 3.8) is 0 Å². The maximum absolute atomic E-state index is 12.1. The third-order valence-electron chi connectivity index (χ3n) is 5.49. The summed E-state index contributed by atoms with van der Waals surface area (Å²) in [5, 5.41) is 2.98. The molecule has 4 rings (SSSR count). The molecule has 0 aromatic carbocycles. The van der Waals surface area contributed by atoms with Crippen molar-refractivity contribution < 1.29 is 9.59 Å². The van der Waals surface area contributed by atoms with Crippen molar-refractivity contribution in [3.05, 3.63) is 17.7 Å². The molecule has 2 heterocycles. The number of urea groups is 1. The standard InChI is InChI=1S/C16H23N5O2/c22-15(13-9-21-6-2-1-3-14(21)17-13)19-20-16(23)18-12-8-10-4-5-11(12)7-10/h9-12H,1-8H2,(H,19,22)(H2,18,20,23)/t10-,11+,12-/m0/s1. The van der Waals surface area contributed by atoms with Gasteiger partial charge in [0.05, 0.1) is 0 Å². The lowest BCUT2D eigenvalue weighted by Gasteiger charge is -2.22. The van der Waals surface area contributed by atoms with E-state index in [9.17, 15) is 9.59 Å². The highest BCUT2D eigenvalue weighted by molar-refractivity contribution is 5.93. The Morgan fingerprint density at radius 2 is 2.09 bits per heavy atom. The summed E-state index contributed by atoms with van der Waals surface area (Å²) < 4.78 is 2.02. The number of rotatable bonds is 2. The quantitative estimate of drug-likeness (QED) is 0.720. The number of aryl methyl sites for hydroxylation is 2. The first-order chi connectivity index (χ1) is 11.2. The molecule has 1 aromatic heterocycles. The molecule has 0 unspecified atom stereocenters. The number of carbonyl (C=O) groups excluding carboxylic acids is 2. The van der Waals surface area contributed by atoms with Gasteiger partial charge in [0.15, 0.2) is 0 Å². The van der Waals surface area contributed by atoms with Crippen LogP contribution in [0.4, 0.5) is 4.79 Å². The number of amides is 3. The van der Waals surface area contributed by atoms with Crippen LogP contribution < -0.4 is 16.2 Å². The Morgan fingerprint density at radius 3 is 2.83 bits per heavy atom. The van der Waals surface area contributed by atoms with Crippen LogP contribution in [0.2, 0.25) is 0 Å². The smallest absolute Gasteiger partial charge is 0.333 e. The number of hydrazine groups is 1. The number of imidazole rings is 1. The minimum absolute atomic E-state index is 0.255. The Kier molecular flexibility index (Phi) is 3.71. The van der Waals surface area contributed by atoms with Gasteiger partial charge in [-0.1, -0.05) is 6.42 Å². The molecule has 23 heavy (non-hydrogen) atoms. The average molecular weight is 317 g/mol. The fourth-order valence-corrected chi connectivity index (χ4v) is 4.33. The highest BCUT2D eigenvalue weighted by atomic mass is 16.2. The highest BCUT2D eigenvalue weighted by Crippen LogP contribution is 2.44. The molecule has 0 spiro atoms. The molecule has 3 N–H and O–H groups in total. The number of carbonyl (C=O) groups is 2. The molecule has 3 aliphatic rings. The molecular formula is C16H23N5O2. The highest BCUT2D eigenvalue weighted by Gasteiger charge is 2.40. The molecule has 7 heteroatoms. The monoisotopic (exact) mass is 317 g/mol. The number of nitrogens with zero attached hydrogens (tertiary/aromatic N) is 2. The molecule has 2 fully saturated rings. The lowest BCUT2D eigenvalue weighted by molar-refractivity contribution is 0.0930. The number of aromatic nitrogens is 2.